The Labute approximate surface area is 201 Å². The maximum absolute atomic E-state index is 12.1. The van der Waals surface area contributed by atoms with E-state index in [1.54, 1.807) is 8.61 Å². The van der Waals surface area contributed by atoms with Gasteiger partial charge in [-0.15, -0.1) is 13.2 Å². The van der Waals surface area contributed by atoms with Gasteiger partial charge in [0.1, 0.15) is 12.0 Å². The predicted molar refractivity (Wildman–Crippen MR) is 120 cm³/mol. The molecular weight excluding hydrogens is 495 g/mol. The lowest BCUT2D eigenvalue weighted by molar-refractivity contribution is -0.274. The number of nitrogens with two attached hydrogens (primary N) is 1. The first-order chi connectivity index (χ1) is 16.5. The molecule has 14 heteroatoms. The Morgan fingerprint density at radius 2 is 1.54 bits per heavy atom. The summed E-state index contributed by atoms with van der Waals surface area (Å²) in [6.07, 6.45) is 0.990. The van der Waals surface area contributed by atoms with Crippen LogP contribution >= 0.6 is 0 Å². The molecule has 2 aromatic rings. The number of halogens is 3. The highest BCUT2D eigenvalue weighted by Gasteiger charge is 2.32. The van der Waals surface area contributed by atoms with Gasteiger partial charge < -0.3 is 24.7 Å². The summed E-state index contributed by atoms with van der Waals surface area (Å²) >= 11 is 0. The second-order valence-electron chi connectivity index (χ2n) is 7.41. The predicted octanol–water partition coefficient (Wildman–Crippen LogP) is 3.19. The van der Waals surface area contributed by atoms with Crippen LogP contribution in [0.4, 0.5) is 18.9 Å². The molecule has 3 heterocycles. The number of furan rings is 1. The largest absolute Gasteiger partial charge is 0.573 e. The van der Waals surface area contributed by atoms with Gasteiger partial charge in [0.2, 0.25) is 0 Å². The van der Waals surface area contributed by atoms with Gasteiger partial charge in [-0.2, -0.15) is 17.0 Å². The average molecular weight is 524 g/mol. The van der Waals surface area contributed by atoms with Crippen LogP contribution in [-0.4, -0.2) is 73.9 Å². The van der Waals surface area contributed by atoms with Crippen LogP contribution < -0.4 is 10.5 Å². The van der Waals surface area contributed by atoms with Crippen molar-refractivity contribution in [2.75, 3.05) is 45.1 Å². The number of aromatic carboxylic acids is 1. The van der Waals surface area contributed by atoms with Gasteiger partial charge in [-0.3, -0.25) is 0 Å². The number of hydrogen-bond acceptors (Lipinski definition) is 7. The number of ether oxygens (including phenoxy) is 2. The molecule has 35 heavy (non-hydrogen) atoms. The zero-order chi connectivity index (χ0) is 25.9. The number of morpholine rings is 1. The van der Waals surface area contributed by atoms with Crippen molar-refractivity contribution in [2.24, 2.45) is 0 Å². The molecule has 0 bridgehead atoms. The Morgan fingerprint density at radius 3 is 2.00 bits per heavy atom. The van der Waals surface area contributed by atoms with Gasteiger partial charge in [0.25, 0.3) is 10.2 Å². The van der Waals surface area contributed by atoms with E-state index in [2.05, 4.69) is 9.15 Å². The van der Waals surface area contributed by atoms with E-state index in [1.165, 1.54) is 30.7 Å². The van der Waals surface area contributed by atoms with Crippen LogP contribution in [0.15, 0.2) is 47.3 Å². The quantitative estimate of drug-likeness (QED) is 0.584. The number of anilines is 1. The number of hydrogen-bond donors (Lipinski definition) is 2. The van der Waals surface area contributed by atoms with Crippen molar-refractivity contribution in [1.82, 2.24) is 8.61 Å². The summed E-state index contributed by atoms with van der Waals surface area (Å²) in [5.74, 6) is -1.23. The van der Waals surface area contributed by atoms with E-state index in [-0.39, 0.29) is 11.3 Å². The van der Waals surface area contributed by atoms with Crippen molar-refractivity contribution >= 4 is 21.9 Å². The summed E-state index contributed by atoms with van der Waals surface area (Å²) in [7, 11) is -3.20. The zero-order valence-corrected chi connectivity index (χ0v) is 19.6. The van der Waals surface area contributed by atoms with Crippen molar-refractivity contribution < 1.29 is 45.4 Å². The molecule has 0 aliphatic carbocycles. The molecule has 2 aliphatic rings. The SMILES string of the molecule is Nc1ccc(OC(F)(F)F)cc1.O=C(O)c1ccoc1.O=S(=O)(N1CCCCC1)N1CCOCC1. The molecule has 0 unspecified atom stereocenters. The molecule has 2 fully saturated rings. The first-order valence-corrected chi connectivity index (χ1v) is 12.1. The summed E-state index contributed by atoms with van der Waals surface area (Å²) in [5, 5.41) is 8.21. The summed E-state index contributed by atoms with van der Waals surface area (Å²) in [6, 6.07) is 6.37. The first kappa shape index (κ1) is 28.4. The number of carboxylic acid groups (broad SMARTS) is 1. The molecule has 2 saturated heterocycles. The van der Waals surface area contributed by atoms with Gasteiger partial charge >= 0.3 is 12.3 Å². The third-order valence-electron chi connectivity index (χ3n) is 4.82. The fraction of sp³-hybridized carbons (Fsp3) is 0.476. The molecule has 196 valence electrons. The maximum atomic E-state index is 12.1. The highest BCUT2D eigenvalue weighted by atomic mass is 32.2. The molecule has 0 radical (unpaired) electrons. The Morgan fingerprint density at radius 1 is 0.971 bits per heavy atom. The van der Waals surface area contributed by atoms with Gasteiger partial charge in [0, 0.05) is 31.9 Å². The average Bonchev–Trinajstić information content (AvgIpc) is 3.37. The van der Waals surface area contributed by atoms with E-state index >= 15 is 0 Å². The Bertz CT molecular complexity index is 964. The van der Waals surface area contributed by atoms with E-state index in [9.17, 15) is 26.4 Å². The smallest absolute Gasteiger partial charge is 0.478 e. The van der Waals surface area contributed by atoms with Crippen LogP contribution in [0.2, 0.25) is 0 Å². The lowest BCUT2D eigenvalue weighted by Crippen LogP contribution is -2.49. The number of nitrogens with zero attached hydrogens (tertiary/aromatic N) is 2. The third kappa shape index (κ3) is 10.1. The molecule has 4 rings (SSSR count). The topological polar surface area (TPSA) is 136 Å². The van der Waals surface area contributed by atoms with E-state index in [0.29, 0.717) is 45.1 Å². The van der Waals surface area contributed by atoms with Gasteiger partial charge in [-0.1, -0.05) is 6.42 Å². The van der Waals surface area contributed by atoms with Crippen LogP contribution in [0.1, 0.15) is 29.6 Å². The molecule has 3 N–H and O–H groups in total. The number of benzene rings is 1. The highest BCUT2D eigenvalue weighted by Crippen LogP contribution is 2.23. The summed E-state index contributed by atoms with van der Waals surface area (Å²) in [5.41, 5.74) is 5.83. The number of nitrogen functional groups attached to an aromatic ring is 1. The van der Waals surface area contributed by atoms with E-state index < -0.39 is 22.5 Å². The van der Waals surface area contributed by atoms with Crippen LogP contribution in [0.25, 0.3) is 0 Å². The minimum absolute atomic E-state index is 0.185. The van der Waals surface area contributed by atoms with Gasteiger partial charge in [0.05, 0.1) is 25.0 Å². The van der Waals surface area contributed by atoms with E-state index in [4.69, 9.17) is 15.6 Å². The van der Waals surface area contributed by atoms with E-state index in [0.717, 1.165) is 31.4 Å². The Kier molecular flexibility index (Phi) is 10.8. The van der Waals surface area contributed by atoms with Gasteiger partial charge in [-0.25, -0.2) is 4.79 Å². The van der Waals surface area contributed by atoms with Crippen LogP contribution in [0, 0.1) is 0 Å². The molecule has 10 nitrogen and oxygen atoms in total. The van der Waals surface area contributed by atoms with Crippen molar-refractivity contribution in [3.8, 4) is 5.75 Å². The monoisotopic (exact) mass is 523 g/mol. The van der Waals surface area contributed by atoms with E-state index in [1.807, 2.05) is 0 Å². The van der Waals surface area contributed by atoms with Crippen molar-refractivity contribution in [1.29, 1.82) is 0 Å². The van der Waals surface area contributed by atoms with Crippen LogP contribution in [-0.2, 0) is 14.9 Å². The van der Waals surface area contributed by atoms with Crippen LogP contribution in [0.5, 0.6) is 5.75 Å². The molecule has 0 atom stereocenters. The number of carboxylic acids is 1. The lowest BCUT2D eigenvalue weighted by Gasteiger charge is -2.33. The Balaban J connectivity index is 0.000000194. The van der Waals surface area contributed by atoms with Crippen molar-refractivity contribution in [3.05, 3.63) is 48.4 Å². The summed E-state index contributed by atoms with van der Waals surface area (Å²) < 4.78 is 75.4. The summed E-state index contributed by atoms with van der Waals surface area (Å²) in [6.45, 7) is 3.40. The minimum atomic E-state index is -4.64. The second-order valence-corrected chi connectivity index (χ2v) is 9.34. The fourth-order valence-corrected chi connectivity index (χ4v) is 4.75. The van der Waals surface area contributed by atoms with Gasteiger partial charge in [0.15, 0.2) is 0 Å². The molecule has 0 saturated carbocycles. The second kappa shape index (κ2) is 13.3. The fourth-order valence-electron chi connectivity index (χ4n) is 3.09. The molecule has 2 aliphatic heterocycles. The molecule has 1 aromatic carbocycles. The summed E-state index contributed by atoms with van der Waals surface area (Å²) in [4.78, 5) is 10.0. The highest BCUT2D eigenvalue weighted by molar-refractivity contribution is 7.86. The normalized spacial score (nSPS) is 17.3. The number of rotatable bonds is 4. The third-order valence-corrected chi connectivity index (χ3v) is 6.85. The maximum Gasteiger partial charge on any atom is 0.573 e. The molecule has 1 aromatic heterocycles. The minimum Gasteiger partial charge on any atom is -0.478 e. The molecule has 0 spiro atoms. The van der Waals surface area contributed by atoms with Gasteiger partial charge in [-0.05, 0) is 43.2 Å². The van der Waals surface area contributed by atoms with Crippen LogP contribution in [0.3, 0.4) is 0 Å². The zero-order valence-electron chi connectivity index (χ0n) is 18.8. The number of alkyl halides is 3. The number of carbonyl (C=O) groups is 1. The van der Waals surface area contributed by atoms with Crippen molar-refractivity contribution in [3.63, 3.8) is 0 Å². The molecule has 0 amide bonds. The first-order valence-electron chi connectivity index (χ1n) is 10.7. The standard InChI is InChI=1S/C9H18N2O3S.C7H6F3NO.C5H4O3/c12-15(13,10-4-2-1-3-5-10)11-6-8-14-9-7-11;8-7(9,10)12-6-3-1-5(11)2-4-6;6-5(7)4-1-2-8-3-4/h1-9H2;1-4H,11H2;1-3H,(H,6,7). The Hall–Kier alpha value is -2.81. The number of piperidine rings is 1. The lowest BCUT2D eigenvalue weighted by atomic mass is 10.2. The molecular formula is C21H28F3N3O7S. The van der Waals surface area contributed by atoms with Crippen molar-refractivity contribution in [2.45, 2.75) is 25.6 Å².